The monoisotopic (exact) mass is 474 g/mol. The summed E-state index contributed by atoms with van der Waals surface area (Å²) in [4.78, 5) is 25.7. The molecular weight excluding hydrogens is 444 g/mol. The first-order valence-electron chi connectivity index (χ1n) is 11.4. The SMILES string of the molecule is Cc1ccc(NC(=O)CSc2nnc(N3CCC(C)CC3)n2CC2CCCO2)c([N+](=O)[O-])c1. The van der Waals surface area contributed by atoms with Crippen LogP contribution in [0.15, 0.2) is 23.4 Å². The van der Waals surface area contributed by atoms with Gasteiger partial charge in [0.1, 0.15) is 5.69 Å². The molecule has 1 atom stereocenters. The van der Waals surface area contributed by atoms with Gasteiger partial charge in [0, 0.05) is 25.8 Å². The van der Waals surface area contributed by atoms with E-state index in [2.05, 4.69) is 31.9 Å². The van der Waals surface area contributed by atoms with E-state index >= 15 is 0 Å². The van der Waals surface area contributed by atoms with Crippen molar-refractivity contribution in [3.8, 4) is 0 Å². The molecule has 2 aromatic rings. The summed E-state index contributed by atoms with van der Waals surface area (Å²) in [6.07, 6.45) is 4.40. The number of hydrogen-bond acceptors (Lipinski definition) is 8. The minimum absolute atomic E-state index is 0.0751. The molecule has 0 aliphatic carbocycles. The van der Waals surface area contributed by atoms with Crippen LogP contribution in [0.25, 0.3) is 0 Å². The first kappa shape index (κ1) is 23.5. The minimum Gasteiger partial charge on any atom is -0.376 e. The molecule has 0 saturated carbocycles. The summed E-state index contributed by atoms with van der Waals surface area (Å²) >= 11 is 1.29. The number of ether oxygens (including phenoxy) is 1. The molecule has 1 unspecified atom stereocenters. The number of piperidine rings is 1. The molecule has 11 heteroatoms. The summed E-state index contributed by atoms with van der Waals surface area (Å²) in [7, 11) is 0. The standard InChI is InChI=1S/C22H30N6O4S/c1-15-7-9-26(10-8-15)21-24-25-22(27(21)13-17-4-3-11-32-17)33-14-20(29)23-18-6-5-16(2)12-19(18)28(30)31/h5-6,12,15,17H,3-4,7-11,13-14H2,1-2H3,(H,23,29). The van der Waals surface area contributed by atoms with Gasteiger partial charge in [-0.15, -0.1) is 10.2 Å². The average Bonchev–Trinajstić information content (AvgIpc) is 3.44. The molecule has 0 radical (unpaired) electrons. The van der Waals surface area contributed by atoms with E-state index in [0.717, 1.165) is 56.9 Å². The zero-order valence-electron chi connectivity index (χ0n) is 19.0. The summed E-state index contributed by atoms with van der Waals surface area (Å²) in [5.41, 5.74) is 0.840. The number of benzene rings is 1. The van der Waals surface area contributed by atoms with Crippen LogP contribution in [0.3, 0.4) is 0 Å². The molecule has 0 bridgehead atoms. The van der Waals surface area contributed by atoms with Gasteiger partial charge in [0.2, 0.25) is 11.9 Å². The number of thioether (sulfide) groups is 1. The number of carbonyl (C=O) groups excluding carboxylic acids is 1. The van der Waals surface area contributed by atoms with Crippen LogP contribution < -0.4 is 10.2 Å². The van der Waals surface area contributed by atoms with Gasteiger partial charge in [-0.2, -0.15) is 0 Å². The lowest BCUT2D eigenvalue weighted by atomic mass is 10.00. The van der Waals surface area contributed by atoms with Gasteiger partial charge in [0.05, 0.1) is 23.3 Å². The number of hydrogen-bond donors (Lipinski definition) is 1. The number of nitro groups is 1. The van der Waals surface area contributed by atoms with Gasteiger partial charge in [-0.05, 0) is 50.2 Å². The van der Waals surface area contributed by atoms with Crippen LogP contribution in [0.1, 0.15) is 38.2 Å². The lowest BCUT2D eigenvalue weighted by Crippen LogP contribution is -2.35. The van der Waals surface area contributed by atoms with Gasteiger partial charge in [-0.1, -0.05) is 24.8 Å². The molecule has 10 nitrogen and oxygen atoms in total. The highest BCUT2D eigenvalue weighted by Gasteiger charge is 2.26. The fourth-order valence-corrected chi connectivity index (χ4v) is 4.94. The van der Waals surface area contributed by atoms with E-state index in [1.807, 2.05) is 0 Å². The molecule has 3 heterocycles. The maximum absolute atomic E-state index is 12.6. The second kappa shape index (κ2) is 10.5. The highest BCUT2D eigenvalue weighted by Crippen LogP contribution is 2.29. The quantitative estimate of drug-likeness (QED) is 0.350. The molecule has 178 valence electrons. The largest absolute Gasteiger partial charge is 0.376 e. The molecule has 2 saturated heterocycles. The number of nitrogens with zero attached hydrogens (tertiary/aromatic N) is 5. The lowest BCUT2D eigenvalue weighted by molar-refractivity contribution is -0.384. The minimum atomic E-state index is -0.486. The Morgan fingerprint density at radius 1 is 1.30 bits per heavy atom. The number of amides is 1. The third-order valence-electron chi connectivity index (χ3n) is 6.13. The zero-order valence-corrected chi connectivity index (χ0v) is 19.8. The molecule has 33 heavy (non-hydrogen) atoms. The number of nitrogens with one attached hydrogen (secondary N) is 1. The molecule has 1 aromatic carbocycles. The lowest BCUT2D eigenvalue weighted by Gasteiger charge is -2.31. The Bertz CT molecular complexity index is 999. The van der Waals surface area contributed by atoms with E-state index < -0.39 is 4.92 Å². The summed E-state index contributed by atoms with van der Waals surface area (Å²) in [5.74, 6) is 1.28. The molecule has 1 N–H and O–H groups in total. The number of aryl methyl sites for hydroxylation is 1. The van der Waals surface area contributed by atoms with Crippen LogP contribution in [0.4, 0.5) is 17.3 Å². The van der Waals surface area contributed by atoms with Crippen molar-refractivity contribution in [3.05, 3.63) is 33.9 Å². The Kier molecular flexibility index (Phi) is 7.49. The Labute approximate surface area is 197 Å². The summed E-state index contributed by atoms with van der Waals surface area (Å²) in [6.45, 7) is 7.34. The second-order valence-corrected chi connectivity index (χ2v) is 9.75. The highest BCUT2D eigenvalue weighted by molar-refractivity contribution is 7.99. The highest BCUT2D eigenvalue weighted by atomic mass is 32.2. The van der Waals surface area contributed by atoms with E-state index in [9.17, 15) is 14.9 Å². The second-order valence-electron chi connectivity index (χ2n) is 8.81. The van der Waals surface area contributed by atoms with E-state index in [0.29, 0.717) is 17.6 Å². The Balaban J connectivity index is 1.46. The van der Waals surface area contributed by atoms with Crippen LogP contribution in [0, 0.1) is 23.0 Å². The number of aromatic nitrogens is 3. The Hall–Kier alpha value is -2.66. The predicted octanol–water partition coefficient (Wildman–Crippen LogP) is 3.64. The van der Waals surface area contributed by atoms with Crippen molar-refractivity contribution in [2.45, 2.75) is 57.3 Å². The zero-order chi connectivity index (χ0) is 23.4. The van der Waals surface area contributed by atoms with Crippen molar-refractivity contribution in [3.63, 3.8) is 0 Å². The molecule has 2 fully saturated rings. The first-order chi connectivity index (χ1) is 15.9. The van der Waals surface area contributed by atoms with Crippen molar-refractivity contribution in [1.82, 2.24) is 14.8 Å². The molecular formula is C22H30N6O4S. The maximum Gasteiger partial charge on any atom is 0.293 e. The van der Waals surface area contributed by atoms with Crippen molar-refractivity contribution in [2.24, 2.45) is 5.92 Å². The van der Waals surface area contributed by atoms with Crippen LogP contribution in [-0.2, 0) is 16.1 Å². The van der Waals surface area contributed by atoms with Gasteiger partial charge in [-0.3, -0.25) is 19.5 Å². The fraction of sp³-hybridized carbons (Fsp3) is 0.591. The van der Waals surface area contributed by atoms with Gasteiger partial charge >= 0.3 is 0 Å². The van der Waals surface area contributed by atoms with Crippen molar-refractivity contribution in [1.29, 1.82) is 0 Å². The van der Waals surface area contributed by atoms with Crippen LogP contribution >= 0.6 is 11.8 Å². The molecule has 1 aromatic heterocycles. The van der Waals surface area contributed by atoms with Crippen LogP contribution in [0.5, 0.6) is 0 Å². The molecule has 2 aliphatic heterocycles. The van der Waals surface area contributed by atoms with Crippen molar-refractivity contribution in [2.75, 3.05) is 35.7 Å². The molecule has 4 rings (SSSR count). The molecule has 1 amide bonds. The van der Waals surface area contributed by atoms with E-state index in [1.54, 1.807) is 19.1 Å². The third kappa shape index (κ3) is 5.83. The smallest absolute Gasteiger partial charge is 0.293 e. The average molecular weight is 475 g/mol. The first-order valence-corrected chi connectivity index (χ1v) is 12.4. The van der Waals surface area contributed by atoms with Gasteiger partial charge < -0.3 is 15.0 Å². The number of nitro benzene ring substituents is 1. The van der Waals surface area contributed by atoms with Gasteiger partial charge in [0.25, 0.3) is 5.69 Å². The fourth-order valence-electron chi connectivity index (χ4n) is 4.20. The van der Waals surface area contributed by atoms with E-state index in [-0.39, 0.29) is 29.1 Å². The number of anilines is 2. The molecule has 2 aliphatic rings. The number of rotatable bonds is 8. The van der Waals surface area contributed by atoms with Gasteiger partial charge in [-0.25, -0.2) is 0 Å². The van der Waals surface area contributed by atoms with E-state index in [4.69, 9.17) is 4.74 Å². The Morgan fingerprint density at radius 3 is 2.79 bits per heavy atom. The van der Waals surface area contributed by atoms with Crippen LogP contribution in [0.2, 0.25) is 0 Å². The van der Waals surface area contributed by atoms with Crippen molar-refractivity contribution < 1.29 is 14.5 Å². The third-order valence-corrected chi connectivity index (χ3v) is 7.10. The van der Waals surface area contributed by atoms with E-state index in [1.165, 1.54) is 17.8 Å². The topological polar surface area (TPSA) is 115 Å². The normalized spacial score (nSPS) is 19.1. The van der Waals surface area contributed by atoms with Crippen molar-refractivity contribution >= 4 is 35.0 Å². The summed E-state index contributed by atoms with van der Waals surface area (Å²) < 4.78 is 7.91. The predicted molar refractivity (Wildman–Crippen MR) is 127 cm³/mol. The maximum atomic E-state index is 12.6. The molecule has 0 spiro atoms. The summed E-state index contributed by atoms with van der Waals surface area (Å²) in [6, 6.07) is 4.75. The van der Waals surface area contributed by atoms with Crippen LogP contribution in [-0.4, -0.2) is 57.1 Å². The number of carbonyl (C=O) groups is 1. The Morgan fingerprint density at radius 2 is 2.09 bits per heavy atom. The summed E-state index contributed by atoms with van der Waals surface area (Å²) in [5, 5.41) is 23.5. The van der Waals surface area contributed by atoms with Gasteiger partial charge in [0.15, 0.2) is 5.16 Å².